The van der Waals surface area contributed by atoms with Crippen LogP contribution in [0.5, 0.6) is 0 Å². The molecule has 9 nitrogen and oxygen atoms in total. The minimum atomic E-state index is -0.276. The van der Waals surface area contributed by atoms with Gasteiger partial charge in [0.2, 0.25) is 0 Å². The summed E-state index contributed by atoms with van der Waals surface area (Å²) in [5.41, 5.74) is 11.5. The molecule has 41 heavy (non-hydrogen) atoms. The zero-order chi connectivity index (χ0) is 28.1. The van der Waals surface area contributed by atoms with Gasteiger partial charge in [-0.3, -0.25) is 4.79 Å². The smallest absolute Gasteiger partial charge is 0.256 e. The lowest BCUT2D eigenvalue weighted by Gasteiger charge is -2.25. The van der Waals surface area contributed by atoms with E-state index in [-0.39, 0.29) is 18.0 Å². The molecular formula is C31H29ClN8O. The molecule has 1 amide bonds. The number of halogens is 1. The van der Waals surface area contributed by atoms with Crippen LogP contribution in [0.25, 0.3) is 22.1 Å². The number of rotatable bonds is 6. The van der Waals surface area contributed by atoms with Crippen LogP contribution in [0, 0.1) is 6.92 Å². The number of nitrogens with two attached hydrogens (primary N) is 1. The van der Waals surface area contributed by atoms with Crippen molar-refractivity contribution < 1.29 is 4.79 Å². The predicted octanol–water partition coefficient (Wildman–Crippen LogP) is 5.41. The van der Waals surface area contributed by atoms with Crippen LogP contribution >= 0.6 is 11.6 Å². The number of amides is 1. The van der Waals surface area contributed by atoms with E-state index in [4.69, 9.17) is 22.3 Å². The minimum absolute atomic E-state index is 0.000482. The lowest BCUT2D eigenvalue weighted by atomic mass is 10.1. The molecule has 1 saturated heterocycles. The molecule has 1 aliphatic heterocycles. The Morgan fingerprint density at radius 3 is 2.80 bits per heavy atom. The number of likely N-dealkylation sites (tertiary alicyclic amines) is 1. The van der Waals surface area contributed by atoms with Crippen LogP contribution in [0.4, 0.5) is 0 Å². The van der Waals surface area contributed by atoms with E-state index in [1.54, 1.807) is 12.4 Å². The molecule has 10 heteroatoms. The molecular weight excluding hydrogens is 536 g/mol. The van der Waals surface area contributed by atoms with Crippen molar-refractivity contribution in [3.63, 3.8) is 0 Å². The van der Waals surface area contributed by atoms with E-state index in [0.29, 0.717) is 36.6 Å². The van der Waals surface area contributed by atoms with E-state index in [0.717, 1.165) is 44.8 Å². The second-order valence-electron chi connectivity index (χ2n) is 10.6. The average molecular weight is 565 g/mol. The summed E-state index contributed by atoms with van der Waals surface area (Å²) in [4.78, 5) is 33.4. The summed E-state index contributed by atoms with van der Waals surface area (Å²) in [5, 5.41) is 1.59. The van der Waals surface area contributed by atoms with Gasteiger partial charge in [-0.05, 0) is 60.9 Å². The summed E-state index contributed by atoms with van der Waals surface area (Å²) in [6, 6.07) is 17.7. The highest BCUT2D eigenvalue weighted by molar-refractivity contribution is 6.30. The van der Waals surface area contributed by atoms with Gasteiger partial charge in [0.1, 0.15) is 17.3 Å². The molecule has 3 N–H and O–H groups in total. The molecule has 0 bridgehead atoms. The van der Waals surface area contributed by atoms with Crippen molar-refractivity contribution in [1.82, 2.24) is 34.0 Å². The molecule has 0 aliphatic carbocycles. The third-order valence-corrected chi connectivity index (χ3v) is 8.25. The monoisotopic (exact) mass is 564 g/mol. The highest BCUT2D eigenvalue weighted by Gasteiger charge is 2.40. The Bertz CT molecular complexity index is 1890. The first-order valence-electron chi connectivity index (χ1n) is 13.7. The standard InChI is InChI=1S/C31H29ClN8O/c1-19-2-7-26-25(12-19)37-30(39(26)17-20-3-5-23(32)6-4-20)27-14-24(38-11-10-34-28(38)15-33)18-40(27)31(41)22-13-21-8-9-35-29(21)36-16-22/h2-13,16,24,27H,14-15,17-18,33H2,1H3,(H,35,36)/t24-,27+/m0/s1. The summed E-state index contributed by atoms with van der Waals surface area (Å²) < 4.78 is 4.33. The van der Waals surface area contributed by atoms with Crippen molar-refractivity contribution in [2.45, 2.75) is 38.5 Å². The van der Waals surface area contributed by atoms with Gasteiger partial charge >= 0.3 is 0 Å². The predicted molar refractivity (Wildman–Crippen MR) is 159 cm³/mol. The number of aromatic nitrogens is 6. The van der Waals surface area contributed by atoms with Gasteiger partial charge in [-0.15, -0.1) is 0 Å². The summed E-state index contributed by atoms with van der Waals surface area (Å²) in [7, 11) is 0. The normalized spacial score (nSPS) is 17.2. The molecule has 7 rings (SSSR count). The fraction of sp³-hybridized carbons (Fsp3) is 0.226. The number of nitrogens with zero attached hydrogens (tertiary/aromatic N) is 6. The minimum Gasteiger partial charge on any atom is -0.346 e. The Labute approximate surface area is 241 Å². The Balaban J connectivity index is 1.35. The maximum absolute atomic E-state index is 14.2. The highest BCUT2D eigenvalue weighted by Crippen LogP contribution is 2.40. The maximum atomic E-state index is 14.2. The van der Waals surface area contributed by atoms with E-state index in [1.807, 2.05) is 53.7 Å². The van der Waals surface area contributed by atoms with Crippen LogP contribution < -0.4 is 5.73 Å². The van der Waals surface area contributed by atoms with Gasteiger partial charge in [0.05, 0.1) is 35.2 Å². The molecule has 0 unspecified atom stereocenters. The fourth-order valence-electron chi connectivity index (χ4n) is 5.99. The molecule has 0 saturated carbocycles. The lowest BCUT2D eigenvalue weighted by Crippen LogP contribution is -2.33. The van der Waals surface area contributed by atoms with Gasteiger partial charge in [0.25, 0.3) is 5.91 Å². The van der Waals surface area contributed by atoms with E-state index in [2.05, 4.69) is 49.2 Å². The van der Waals surface area contributed by atoms with Crippen LogP contribution in [-0.2, 0) is 13.1 Å². The maximum Gasteiger partial charge on any atom is 0.256 e. The van der Waals surface area contributed by atoms with Crippen molar-refractivity contribution >= 4 is 39.6 Å². The summed E-state index contributed by atoms with van der Waals surface area (Å²) in [6.07, 6.45) is 7.87. The second kappa shape index (κ2) is 10.2. The Morgan fingerprint density at radius 1 is 1.12 bits per heavy atom. The largest absolute Gasteiger partial charge is 0.346 e. The number of imidazole rings is 2. The summed E-state index contributed by atoms with van der Waals surface area (Å²) >= 11 is 6.19. The Kier molecular flexibility index (Phi) is 6.33. The number of H-pyrrole nitrogens is 1. The first-order chi connectivity index (χ1) is 20.0. The first kappa shape index (κ1) is 25.5. The third-order valence-electron chi connectivity index (χ3n) is 8.00. The molecule has 4 aromatic heterocycles. The van der Waals surface area contributed by atoms with Gasteiger partial charge in [-0.2, -0.15) is 0 Å². The fourth-order valence-corrected chi connectivity index (χ4v) is 6.12. The molecule has 2 aromatic carbocycles. The second-order valence-corrected chi connectivity index (χ2v) is 11.1. The number of hydrogen-bond donors (Lipinski definition) is 2. The molecule has 206 valence electrons. The van der Waals surface area contributed by atoms with Crippen LogP contribution in [0.15, 0.2) is 79.4 Å². The van der Waals surface area contributed by atoms with Gasteiger partial charge in [-0.1, -0.05) is 29.8 Å². The van der Waals surface area contributed by atoms with Crippen molar-refractivity contribution in [2.75, 3.05) is 6.54 Å². The SMILES string of the molecule is Cc1ccc2c(c1)nc([C@H]1C[C@H](n3ccnc3CN)CN1C(=O)c1cnc3[nH]ccc3c1)n2Cc1ccc(Cl)cc1. The number of fused-ring (bicyclic) bond motifs is 2. The van der Waals surface area contributed by atoms with Crippen LogP contribution in [0.3, 0.4) is 0 Å². The third kappa shape index (κ3) is 4.57. The van der Waals surface area contributed by atoms with E-state index < -0.39 is 0 Å². The van der Waals surface area contributed by atoms with E-state index >= 15 is 0 Å². The molecule has 5 heterocycles. The van der Waals surface area contributed by atoms with Crippen molar-refractivity contribution in [2.24, 2.45) is 5.73 Å². The van der Waals surface area contributed by atoms with E-state index in [1.165, 1.54) is 0 Å². The zero-order valence-electron chi connectivity index (χ0n) is 22.5. The number of aromatic amines is 1. The highest BCUT2D eigenvalue weighted by atomic mass is 35.5. The Morgan fingerprint density at radius 2 is 1.98 bits per heavy atom. The van der Waals surface area contributed by atoms with Crippen LogP contribution in [0.2, 0.25) is 5.02 Å². The Hall–Kier alpha value is -4.47. The molecule has 0 radical (unpaired) electrons. The van der Waals surface area contributed by atoms with Gasteiger partial charge in [0, 0.05) is 48.3 Å². The summed E-state index contributed by atoms with van der Waals surface area (Å²) in [6.45, 7) is 3.49. The molecule has 2 atom stereocenters. The number of carbonyl (C=O) groups is 1. The van der Waals surface area contributed by atoms with Gasteiger partial charge < -0.3 is 24.8 Å². The quantitative estimate of drug-likeness (QED) is 0.281. The van der Waals surface area contributed by atoms with Crippen LogP contribution in [0.1, 0.15) is 51.6 Å². The number of pyridine rings is 1. The van der Waals surface area contributed by atoms with Crippen LogP contribution in [-0.4, -0.2) is 46.4 Å². The number of hydrogen-bond acceptors (Lipinski definition) is 5. The topological polar surface area (TPSA) is 111 Å². The zero-order valence-corrected chi connectivity index (χ0v) is 23.3. The van der Waals surface area contributed by atoms with Gasteiger partial charge in [0.15, 0.2) is 0 Å². The first-order valence-corrected chi connectivity index (χ1v) is 14.0. The number of benzene rings is 2. The lowest BCUT2D eigenvalue weighted by molar-refractivity contribution is 0.0724. The van der Waals surface area contributed by atoms with Gasteiger partial charge in [-0.25, -0.2) is 15.0 Å². The van der Waals surface area contributed by atoms with Crippen molar-refractivity contribution in [3.05, 3.63) is 113 Å². The molecule has 0 spiro atoms. The average Bonchev–Trinajstić information content (AvgIpc) is 3.78. The van der Waals surface area contributed by atoms with Crippen molar-refractivity contribution in [1.29, 1.82) is 0 Å². The number of aryl methyl sites for hydroxylation is 1. The number of nitrogens with one attached hydrogen (secondary N) is 1. The number of carbonyl (C=O) groups excluding carboxylic acids is 1. The molecule has 1 fully saturated rings. The molecule has 6 aromatic rings. The van der Waals surface area contributed by atoms with Crippen molar-refractivity contribution in [3.8, 4) is 0 Å². The van der Waals surface area contributed by atoms with E-state index in [9.17, 15) is 4.79 Å². The summed E-state index contributed by atoms with van der Waals surface area (Å²) in [5.74, 6) is 1.56. The molecule has 1 aliphatic rings.